The molecule has 2 heteroatoms. The van der Waals surface area contributed by atoms with Gasteiger partial charge in [-0.25, -0.2) is 0 Å². The Morgan fingerprint density at radius 2 is 1.27 bits per heavy atom. The van der Waals surface area contributed by atoms with Crippen LogP contribution >= 0.6 is 0 Å². The highest BCUT2D eigenvalue weighted by atomic mass is 16.3. The van der Waals surface area contributed by atoms with E-state index in [2.05, 4.69) is 0 Å². The lowest BCUT2D eigenvalue weighted by Crippen LogP contribution is -2.10. The van der Waals surface area contributed by atoms with Gasteiger partial charge in [-0.2, -0.15) is 0 Å². The van der Waals surface area contributed by atoms with Gasteiger partial charge in [0, 0.05) is 5.69 Å². The molecular formula is C13H25NO. The van der Waals surface area contributed by atoms with Crippen molar-refractivity contribution in [3.05, 3.63) is 29.8 Å². The van der Waals surface area contributed by atoms with Crippen molar-refractivity contribution in [3.8, 4) is 0 Å². The van der Waals surface area contributed by atoms with Gasteiger partial charge in [0.25, 0.3) is 0 Å². The second kappa shape index (κ2) is 8.30. The normalized spacial score (nSPS) is 9.27. The molecule has 0 unspecified atom stereocenters. The first kappa shape index (κ1) is 16.4. The monoisotopic (exact) mass is 211 g/mol. The summed E-state index contributed by atoms with van der Waals surface area (Å²) in [5.74, 6) is 0. The number of nitrogens with two attached hydrogens (primary N) is 1. The number of nitrogen functional groups attached to an aromatic ring is 1. The van der Waals surface area contributed by atoms with Gasteiger partial charge in [-0.3, -0.25) is 0 Å². The van der Waals surface area contributed by atoms with Crippen LogP contribution in [-0.2, 0) is 0 Å². The Morgan fingerprint density at radius 3 is 1.47 bits per heavy atom. The van der Waals surface area contributed by atoms with E-state index < -0.39 is 5.60 Å². The van der Waals surface area contributed by atoms with E-state index in [0.717, 1.165) is 5.69 Å². The predicted molar refractivity (Wildman–Crippen MR) is 68.9 cm³/mol. The van der Waals surface area contributed by atoms with E-state index >= 15 is 0 Å². The van der Waals surface area contributed by atoms with E-state index in [1.165, 1.54) is 5.56 Å². The molecule has 0 aromatic heterocycles. The van der Waals surface area contributed by atoms with Crippen LogP contribution in [0.15, 0.2) is 24.3 Å². The van der Waals surface area contributed by atoms with Crippen molar-refractivity contribution in [2.45, 2.75) is 47.1 Å². The molecule has 0 spiro atoms. The zero-order valence-electron chi connectivity index (χ0n) is 10.8. The highest BCUT2D eigenvalue weighted by Gasteiger charge is 1.97. The molecule has 0 fully saturated rings. The van der Waals surface area contributed by atoms with E-state index in [4.69, 9.17) is 10.8 Å². The largest absolute Gasteiger partial charge is 0.399 e. The van der Waals surface area contributed by atoms with Crippen LogP contribution in [-0.4, -0.2) is 10.7 Å². The van der Waals surface area contributed by atoms with E-state index in [1.54, 1.807) is 20.8 Å². The minimum atomic E-state index is -0.500. The maximum atomic E-state index is 8.52. The first-order valence-electron chi connectivity index (χ1n) is 5.33. The first-order valence-corrected chi connectivity index (χ1v) is 5.33. The van der Waals surface area contributed by atoms with Crippen LogP contribution in [0.4, 0.5) is 5.69 Å². The SMILES string of the molecule is CC.CC(C)(C)O.Cc1ccc(N)cc1. The molecule has 15 heavy (non-hydrogen) atoms. The van der Waals surface area contributed by atoms with Gasteiger partial charge in [0.2, 0.25) is 0 Å². The number of aryl methyl sites for hydroxylation is 1. The molecule has 3 N–H and O–H groups in total. The van der Waals surface area contributed by atoms with E-state index in [0.29, 0.717) is 0 Å². The summed E-state index contributed by atoms with van der Waals surface area (Å²) < 4.78 is 0. The summed E-state index contributed by atoms with van der Waals surface area (Å²) in [4.78, 5) is 0. The first-order chi connectivity index (χ1) is 6.79. The Bertz CT molecular complexity index is 207. The zero-order valence-corrected chi connectivity index (χ0v) is 10.8. The second-order valence-corrected chi connectivity index (χ2v) is 4.08. The van der Waals surface area contributed by atoms with Crippen molar-refractivity contribution in [1.82, 2.24) is 0 Å². The fourth-order valence-corrected chi connectivity index (χ4v) is 0.566. The summed E-state index contributed by atoms with van der Waals surface area (Å²) in [6.07, 6.45) is 0. The lowest BCUT2D eigenvalue weighted by molar-refractivity contribution is 0.102. The molecule has 1 aromatic carbocycles. The van der Waals surface area contributed by atoms with E-state index in [1.807, 2.05) is 45.0 Å². The summed E-state index contributed by atoms with van der Waals surface area (Å²) in [7, 11) is 0. The molecule has 0 saturated carbocycles. The number of aliphatic hydroxyl groups is 1. The van der Waals surface area contributed by atoms with Gasteiger partial charge in [-0.15, -0.1) is 0 Å². The van der Waals surface area contributed by atoms with Gasteiger partial charge < -0.3 is 10.8 Å². The third-order valence-electron chi connectivity index (χ3n) is 1.08. The molecule has 0 radical (unpaired) electrons. The van der Waals surface area contributed by atoms with E-state index in [9.17, 15) is 0 Å². The van der Waals surface area contributed by atoms with Crippen LogP contribution in [0.25, 0.3) is 0 Å². The van der Waals surface area contributed by atoms with Crippen LogP contribution in [0.5, 0.6) is 0 Å². The molecule has 1 rings (SSSR count). The molecule has 1 aromatic rings. The lowest BCUT2D eigenvalue weighted by Gasteiger charge is -2.04. The molecular weight excluding hydrogens is 186 g/mol. The van der Waals surface area contributed by atoms with Crippen LogP contribution in [0.3, 0.4) is 0 Å². The highest BCUT2D eigenvalue weighted by Crippen LogP contribution is 2.02. The molecule has 0 saturated heterocycles. The average Bonchev–Trinajstić information content (AvgIpc) is 2.11. The molecule has 0 aliphatic carbocycles. The maximum Gasteiger partial charge on any atom is 0.0563 e. The van der Waals surface area contributed by atoms with Crippen molar-refractivity contribution < 1.29 is 5.11 Å². The second-order valence-electron chi connectivity index (χ2n) is 4.08. The van der Waals surface area contributed by atoms with Crippen molar-refractivity contribution in [2.24, 2.45) is 0 Å². The summed E-state index contributed by atoms with van der Waals surface area (Å²) in [5, 5.41) is 8.52. The Hall–Kier alpha value is -1.02. The van der Waals surface area contributed by atoms with Gasteiger partial charge in [0.1, 0.15) is 0 Å². The number of hydrogen-bond donors (Lipinski definition) is 2. The number of rotatable bonds is 0. The molecule has 0 atom stereocenters. The lowest BCUT2D eigenvalue weighted by atomic mass is 10.2. The summed E-state index contributed by atoms with van der Waals surface area (Å²) in [6, 6.07) is 7.79. The molecule has 88 valence electrons. The van der Waals surface area contributed by atoms with Crippen LogP contribution in [0, 0.1) is 6.92 Å². The van der Waals surface area contributed by atoms with Gasteiger partial charge in [-0.1, -0.05) is 31.5 Å². The Morgan fingerprint density at radius 1 is 1.00 bits per heavy atom. The maximum absolute atomic E-state index is 8.52. The van der Waals surface area contributed by atoms with Crippen LogP contribution < -0.4 is 5.73 Å². The molecule has 0 aliphatic heterocycles. The standard InChI is InChI=1S/C7H9N.C4H10O.C2H6/c1-6-2-4-7(8)5-3-6;1-4(2,3)5;1-2/h2-5H,8H2,1H3;5H,1-3H3;1-2H3. The quantitative estimate of drug-likeness (QED) is 0.646. The highest BCUT2D eigenvalue weighted by molar-refractivity contribution is 5.38. The van der Waals surface area contributed by atoms with Crippen molar-refractivity contribution in [1.29, 1.82) is 0 Å². The van der Waals surface area contributed by atoms with Crippen LogP contribution in [0.2, 0.25) is 0 Å². The van der Waals surface area contributed by atoms with Crippen molar-refractivity contribution in [2.75, 3.05) is 5.73 Å². The minimum Gasteiger partial charge on any atom is -0.399 e. The third kappa shape index (κ3) is 19.4. The minimum absolute atomic E-state index is 0.500. The van der Waals surface area contributed by atoms with Gasteiger partial charge in [0.15, 0.2) is 0 Å². The van der Waals surface area contributed by atoms with Crippen molar-refractivity contribution in [3.63, 3.8) is 0 Å². The summed E-state index contributed by atoms with van der Waals surface area (Å²) in [6.45, 7) is 11.3. The van der Waals surface area contributed by atoms with Crippen molar-refractivity contribution >= 4 is 5.69 Å². The smallest absolute Gasteiger partial charge is 0.0563 e. The van der Waals surface area contributed by atoms with Gasteiger partial charge >= 0.3 is 0 Å². The molecule has 0 bridgehead atoms. The summed E-state index contributed by atoms with van der Waals surface area (Å²) in [5.41, 5.74) is 7.01. The number of anilines is 1. The Balaban J connectivity index is 0. The zero-order chi connectivity index (χ0) is 12.5. The van der Waals surface area contributed by atoms with Gasteiger partial charge in [0.05, 0.1) is 5.60 Å². The average molecular weight is 211 g/mol. The Kier molecular flexibility index (Phi) is 9.08. The van der Waals surface area contributed by atoms with Crippen LogP contribution in [0.1, 0.15) is 40.2 Å². The summed E-state index contributed by atoms with van der Waals surface area (Å²) >= 11 is 0. The van der Waals surface area contributed by atoms with E-state index in [-0.39, 0.29) is 0 Å². The molecule has 0 aliphatic rings. The fourth-order valence-electron chi connectivity index (χ4n) is 0.566. The molecule has 0 heterocycles. The molecule has 2 nitrogen and oxygen atoms in total. The fraction of sp³-hybridized carbons (Fsp3) is 0.538. The number of benzene rings is 1. The third-order valence-corrected chi connectivity index (χ3v) is 1.08. The molecule has 0 amide bonds. The topological polar surface area (TPSA) is 46.2 Å². The predicted octanol–water partition coefficient (Wildman–Crippen LogP) is 3.38. The van der Waals surface area contributed by atoms with Gasteiger partial charge in [-0.05, 0) is 39.8 Å². The number of hydrogen-bond acceptors (Lipinski definition) is 2. The Labute approximate surface area is 94.1 Å².